The molecule has 0 spiro atoms. The van der Waals surface area contributed by atoms with E-state index >= 15 is 0 Å². The van der Waals surface area contributed by atoms with Crippen molar-refractivity contribution in [2.45, 2.75) is 6.92 Å². The van der Waals surface area contributed by atoms with Crippen LogP contribution >= 0.6 is 0 Å². The molecule has 5 aromatic rings. The fourth-order valence-corrected chi connectivity index (χ4v) is 2.93. The summed E-state index contributed by atoms with van der Waals surface area (Å²) in [6.07, 6.45) is 4.94. The molecule has 1 amide bonds. The lowest BCUT2D eigenvalue weighted by atomic mass is 10.3. The van der Waals surface area contributed by atoms with Crippen LogP contribution in [0.15, 0.2) is 61.2 Å². The van der Waals surface area contributed by atoms with Gasteiger partial charge in [-0.2, -0.15) is 4.98 Å². The van der Waals surface area contributed by atoms with Crippen LogP contribution in [0.3, 0.4) is 0 Å². The number of carbonyl (C=O) groups is 1. The van der Waals surface area contributed by atoms with E-state index in [-0.39, 0.29) is 5.82 Å². The van der Waals surface area contributed by atoms with Crippen LogP contribution in [0.5, 0.6) is 0 Å². The summed E-state index contributed by atoms with van der Waals surface area (Å²) < 4.78 is 3.42. The minimum absolute atomic E-state index is 0.0477. The highest BCUT2D eigenvalue weighted by Gasteiger charge is 2.15. The Bertz CT molecular complexity index is 1320. The van der Waals surface area contributed by atoms with E-state index in [9.17, 15) is 4.79 Å². The Kier molecular flexibility index (Phi) is 3.58. The standard InChI is InChI=1S/C19H14N8O/c1-12-8-9-20-19-24-17(25-27(12)19)18(28)23-13-6-7-16(21-10-13)26-11-22-14-4-2-3-5-15(14)26/h2-11H,1H3,(H,23,28). The largest absolute Gasteiger partial charge is 0.318 e. The first-order valence-corrected chi connectivity index (χ1v) is 8.57. The number of rotatable bonds is 3. The summed E-state index contributed by atoms with van der Waals surface area (Å²) in [4.78, 5) is 29.5. The number of imidazole rings is 1. The number of benzene rings is 1. The molecule has 0 aliphatic carbocycles. The highest BCUT2D eigenvalue weighted by atomic mass is 16.2. The zero-order valence-electron chi connectivity index (χ0n) is 14.8. The van der Waals surface area contributed by atoms with Gasteiger partial charge in [0.15, 0.2) is 0 Å². The monoisotopic (exact) mass is 370 g/mol. The molecule has 0 fully saturated rings. The number of nitrogens with one attached hydrogen (secondary N) is 1. The number of hydrogen-bond acceptors (Lipinski definition) is 6. The molecule has 28 heavy (non-hydrogen) atoms. The van der Waals surface area contributed by atoms with Crippen molar-refractivity contribution >= 4 is 28.4 Å². The first-order chi connectivity index (χ1) is 13.7. The molecular formula is C19H14N8O. The minimum atomic E-state index is -0.424. The van der Waals surface area contributed by atoms with Crippen LogP contribution in [-0.2, 0) is 0 Å². The van der Waals surface area contributed by atoms with E-state index in [1.54, 1.807) is 30.9 Å². The van der Waals surface area contributed by atoms with Gasteiger partial charge in [-0.05, 0) is 37.3 Å². The van der Waals surface area contributed by atoms with Gasteiger partial charge in [0.25, 0.3) is 11.7 Å². The van der Waals surface area contributed by atoms with Crippen LogP contribution in [0.2, 0.25) is 0 Å². The van der Waals surface area contributed by atoms with Crippen LogP contribution in [0.4, 0.5) is 5.69 Å². The third-order valence-corrected chi connectivity index (χ3v) is 4.34. The van der Waals surface area contributed by atoms with Crippen LogP contribution < -0.4 is 5.32 Å². The van der Waals surface area contributed by atoms with Crippen molar-refractivity contribution in [3.05, 3.63) is 72.7 Å². The van der Waals surface area contributed by atoms with E-state index in [4.69, 9.17) is 0 Å². The van der Waals surface area contributed by atoms with Gasteiger partial charge in [-0.3, -0.25) is 9.36 Å². The van der Waals surface area contributed by atoms with Gasteiger partial charge in [-0.15, -0.1) is 5.10 Å². The molecule has 4 aromatic heterocycles. The number of pyridine rings is 1. The minimum Gasteiger partial charge on any atom is -0.318 e. The molecule has 0 saturated carbocycles. The van der Waals surface area contributed by atoms with Crippen molar-refractivity contribution < 1.29 is 4.79 Å². The van der Waals surface area contributed by atoms with Gasteiger partial charge in [0.2, 0.25) is 5.82 Å². The Morgan fingerprint density at radius 3 is 2.75 bits per heavy atom. The number of fused-ring (bicyclic) bond motifs is 2. The Morgan fingerprint density at radius 2 is 1.93 bits per heavy atom. The van der Waals surface area contributed by atoms with Crippen LogP contribution in [0.25, 0.3) is 22.6 Å². The lowest BCUT2D eigenvalue weighted by Gasteiger charge is -2.05. The zero-order chi connectivity index (χ0) is 19.1. The van der Waals surface area contributed by atoms with Crippen molar-refractivity contribution in [1.29, 1.82) is 0 Å². The second-order valence-electron chi connectivity index (χ2n) is 6.20. The lowest BCUT2D eigenvalue weighted by molar-refractivity contribution is 0.101. The number of aryl methyl sites for hydroxylation is 1. The van der Waals surface area contributed by atoms with Crippen molar-refractivity contribution in [3.63, 3.8) is 0 Å². The lowest BCUT2D eigenvalue weighted by Crippen LogP contribution is -2.14. The number of para-hydroxylation sites is 2. The average molecular weight is 370 g/mol. The molecule has 9 heteroatoms. The number of amides is 1. The quantitative estimate of drug-likeness (QED) is 0.523. The topological polar surface area (TPSA) is 103 Å². The normalized spacial score (nSPS) is 11.2. The molecule has 0 saturated heterocycles. The number of anilines is 1. The zero-order valence-corrected chi connectivity index (χ0v) is 14.8. The second kappa shape index (κ2) is 6.23. The van der Waals surface area contributed by atoms with E-state index < -0.39 is 5.91 Å². The van der Waals surface area contributed by atoms with E-state index in [1.807, 2.05) is 41.8 Å². The molecule has 1 aromatic carbocycles. The van der Waals surface area contributed by atoms with Crippen LogP contribution in [0, 0.1) is 6.92 Å². The Hall–Kier alpha value is -4.14. The summed E-state index contributed by atoms with van der Waals surface area (Å²) in [5, 5.41) is 6.95. The van der Waals surface area contributed by atoms with Gasteiger partial charge in [0.1, 0.15) is 12.1 Å². The van der Waals surface area contributed by atoms with Gasteiger partial charge >= 0.3 is 0 Å². The summed E-state index contributed by atoms with van der Waals surface area (Å²) in [6, 6.07) is 13.2. The maximum Gasteiger partial charge on any atom is 0.295 e. The molecule has 0 atom stereocenters. The van der Waals surface area contributed by atoms with Gasteiger partial charge in [-0.25, -0.2) is 19.5 Å². The smallest absolute Gasteiger partial charge is 0.295 e. The van der Waals surface area contributed by atoms with Crippen molar-refractivity contribution in [2.24, 2.45) is 0 Å². The molecule has 5 rings (SSSR count). The molecule has 0 bridgehead atoms. The van der Waals surface area contributed by atoms with Gasteiger partial charge in [-0.1, -0.05) is 12.1 Å². The van der Waals surface area contributed by atoms with Crippen molar-refractivity contribution in [3.8, 4) is 5.82 Å². The Balaban J connectivity index is 1.40. The third-order valence-electron chi connectivity index (χ3n) is 4.34. The van der Waals surface area contributed by atoms with Gasteiger partial charge in [0.05, 0.1) is 22.9 Å². The highest BCUT2D eigenvalue weighted by molar-refractivity contribution is 6.01. The van der Waals surface area contributed by atoms with Crippen LogP contribution in [-0.4, -0.2) is 40.0 Å². The fourth-order valence-electron chi connectivity index (χ4n) is 2.93. The molecule has 0 aliphatic heterocycles. The highest BCUT2D eigenvalue weighted by Crippen LogP contribution is 2.17. The van der Waals surface area contributed by atoms with E-state index in [0.717, 1.165) is 16.7 Å². The molecular weight excluding hydrogens is 356 g/mol. The third kappa shape index (κ3) is 2.65. The van der Waals surface area contributed by atoms with Crippen molar-refractivity contribution in [1.82, 2.24) is 34.1 Å². The first kappa shape index (κ1) is 16.1. The van der Waals surface area contributed by atoms with E-state index in [0.29, 0.717) is 17.3 Å². The summed E-state index contributed by atoms with van der Waals surface area (Å²) in [5.74, 6) is 0.710. The molecule has 136 valence electrons. The molecule has 0 aliphatic rings. The number of hydrogen-bond donors (Lipinski definition) is 1. The average Bonchev–Trinajstić information content (AvgIpc) is 3.34. The summed E-state index contributed by atoms with van der Waals surface area (Å²) in [6.45, 7) is 1.87. The molecule has 4 heterocycles. The molecule has 0 unspecified atom stereocenters. The number of carbonyl (C=O) groups excluding carboxylic acids is 1. The molecule has 9 nitrogen and oxygen atoms in total. The number of aromatic nitrogens is 7. The fraction of sp³-hybridized carbons (Fsp3) is 0.0526. The summed E-state index contributed by atoms with van der Waals surface area (Å²) in [7, 11) is 0. The predicted molar refractivity (Wildman–Crippen MR) is 102 cm³/mol. The predicted octanol–water partition coefficient (Wildman–Crippen LogP) is 2.42. The maximum atomic E-state index is 12.5. The first-order valence-electron chi connectivity index (χ1n) is 8.57. The molecule has 1 N–H and O–H groups in total. The molecule has 0 radical (unpaired) electrons. The second-order valence-corrected chi connectivity index (χ2v) is 6.20. The summed E-state index contributed by atoms with van der Waals surface area (Å²) >= 11 is 0. The van der Waals surface area contributed by atoms with Crippen molar-refractivity contribution in [2.75, 3.05) is 5.32 Å². The maximum absolute atomic E-state index is 12.5. The van der Waals surface area contributed by atoms with Gasteiger partial charge in [0, 0.05) is 11.9 Å². The van der Waals surface area contributed by atoms with Gasteiger partial charge < -0.3 is 5.32 Å². The summed E-state index contributed by atoms with van der Waals surface area (Å²) in [5.41, 5.74) is 3.24. The Labute approximate surface area is 158 Å². The Morgan fingerprint density at radius 1 is 1.04 bits per heavy atom. The SMILES string of the molecule is Cc1ccnc2nc(C(=O)Nc3ccc(-n4cnc5ccccc54)nc3)nn12. The van der Waals surface area contributed by atoms with Crippen LogP contribution in [0.1, 0.15) is 16.3 Å². The van der Waals surface area contributed by atoms with E-state index in [1.165, 1.54) is 4.52 Å². The van der Waals surface area contributed by atoms with E-state index in [2.05, 4.69) is 30.4 Å². The number of nitrogens with zero attached hydrogens (tertiary/aromatic N) is 7.